The molecule has 0 fully saturated rings. The molecule has 0 aliphatic rings. The summed E-state index contributed by atoms with van der Waals surface area (Å²) in [6.45, 7) is 4.16. The zero-order chi connectivity index (χ0) is 18.3. The highest BCUT2D eigenvalue weighted by molar-refractivity contribution is 5.94. The number of aromatic amines is 1. The van der Waals surface area contributed by atoms with Crippen molar-refractivity contribution >= 4 is 16.8 Å². The predicted octanol–water partition coefficient (Wildman–Crippen LogP) is 3.40. The van der Waals surface area contributed by atoms with E-state index < -0.39 is 5.91 Å². The molecule has 26 heavy (non-hydrogen) atoms. The summed E-state index contributed by atoms with van der Waals surface area (Å²) in [5.41, 5.74) is 11.9. The van der Waals surface area contributed by atoms with E-state index in [2.05, 4.69) is 39.8 Å². The fourth-order valence-corrected chi connectivity index (χ4v) is 3.07. The van der Waals surface area contributed by atoms with E-state index in [9.17, 15) is 4.79 Å². The van der Waals surface area contributed by atoms with Crippen LogP contribution in [-0.4, -0.2) is 25.8 Å². The lowest BCUT2D eigenvalue weighted by Crippen LogP contribution is -2.11. The van der Waals surface area contributed by atoms with Crippen molar-refractivity contribution in [3.8, 4) is 22.6 Å². The molecule has 0 bridgehead atoms. The highest BCUT2D eigenvalue weighted by Crippen LogP contribution is 2.32. The van der Waals surface area contributed by atoms with Crippen LogP contribution >= 0.6 is 0 Å². The van der Waals surface area contributed by atoms with Crippen molar-refractivity contribution in [3.63, 3.8) is 0 Å². The van der Waals surface area contributed by atoms with Crippen LogP contribution < -0.4 is 5.73 Å². The summed E-state index contributed by atoms with van der Waals surface area (Å²) in [5, 5.41) is 1.10. The van der Waals surface area contributed by atoms with Crippen LogP contribution in [0.5, 0.6) is 0 Å². The summed E-state index contributed by atoms with van der Waals surface area (Å²) in [5.74, 6) is 0.0153. The summed E-state index contributed by atoms with van der Waals surface area (Å²) in [6, 6.07) is 8.02. The van der Waals surface area contributed by atoms with Crippen LogP contribution in [0.15, 0.2) is 49.1 Å². The van der Waals surface area contributed by atoms with E-state index in [1.807, 2.05) is 24.4 Å². The normalized spacial score (nSPS) is 11.0. The number of carbonyl (C=O) groups excluding carboxylic acids is 1. The van der Waals surface area contributed by atoms with Crippen LogP contribution in [0.1, 0.15) is 21.5 Å². The molecular formula is C20H17N5O. The molecule has 128 valence electrons. The lowest BCUT2D eigenvalue weighted by Gasteiger charge is -2.04. The number of amides is 1. The van der Waals surface area contributed by atoms with Crippen LogP contribution in [0.4, 0.5) is 0 Å². The van der Waals surface area contributed by atoms with Crippen molar-refractivity contribution in [1.29, 1.82) is 0 Å². The summed E-state index contributed by atoms with van der Waals surface area (Å²) in [7, 11) is 0. The number of primary amides is 1. The molecule has 4 rings (SSSR count). The number of nitrogens with zero attached hydrogens (tertiary/aromatic N) is 3. The fraction of sp³-hybridized carbons (Fsp3) is 0.100. The number of benzene rings is 1. The molecule has 0 saturated heterocycles. The smallest absolute Gasteiger partial charge is 0.251 e. The van der Waals surface area contributed by atoms with E-state index in [0.29, 0.717) is 11.4 Å². The van der Waals surface area contributed by atoms with Gasteiger partial charge in [-0.3, -0.25) is 9.78 Å². The van der Waals surface area contributed by atoms with Gasteiger partial charge in [-0.2, -0.15) is 0 Å². The Morgan fingerprint density at radius 2 is 1.85 bits per heavy atom. The van der Waals surface area contributed by atoms with Gasteiger partial charge in [0, 0.05) is 46.8 Å². The number of carbonyl (C=O) groups is 1. The Labute approximate surface area is 150 Å². The first kappa shape index (κ1) is 16.0. The standard InChI is InChI=1S/C20H17N5O/c1-11-5-6-22-10-16(11)18-12(2)15-7-13(3-4-17(15)25-18)20-23-8-14(9-24-20)19(21)26/h3-10,25H,1-2H3,(H2,21,26). The molecule has 0 spiro atoms. The first-order chi connectivity index (χ1) is 12.5. The molecule has 0 aliphatic carbocycles. The Bertz CT molecular complexity index is 1130. The summed E-state index contributed by atoms with van der Waals surface area (Å²) < 4.78 is 0. The molecule has 0 radical (unpaired) electrons. The molecule has 3 aromatic heterocycles. The van der Waals surface area contributed by atoms with Crippen LogP contribution in [0, 0.1) is 13.8 Å². The van der Waals surface area contributed by atoms with Crippen LogP contribution in [-0.2, 0) is 0 Å². The fourth-order valence-electron chi connectivity index (χ4n) is 3.07. The van der Waals surface area contributed by atoms with Gasteiger partial charge in [0.1, 0.15) is 0 Å². The van der Waals surface area contributed by atoms with Gasteiger partial charge in [-0.15, -0.1) is 0 Å². The van der Waals surface area contributed by atoms with E-state index in [1.54, 1.807) is 6.20 Å². The second kappa shape index (κ2) is 6.07. The second-order valence-electron chi connectivity index (χ2n) is 6.24. The van der Waals surface area contributed by atoms with Crippen molar-refractivity contribution < 1.29 is 4.79 Å². The Morgan fingerprint density at radius 1 is 1.08 bits per heavy atom. The SMILES string of the molecule is Cc1ccncc1-c1[nH]c2ccc(-c3ncc(C(N)=O)cn3)cc2c1C. The molecule has 0 saturated carbocycles. The highest BCUT2D eigenvalue weighted by atomic mass is 16.1. The van der Waals surface area contributed by atoms with Gasteiger partial charge >= 0.3 is 0 Å². The van der Waals surface area contributed by atoms with Crippen molar-refractivity contribution in [2.24, 2.45) is 5.73 Å². The number of hydrogen-bond acceptors (Lipinski definition) is 4. The minimum Gasteiger partial charge on any atom is -0.366 e. The number of nitrogens with two attached hydrogens (primary N) is 1. The van der Waals surface area contributed by atoms with Crippen molar-refractivity contribution in [1.82, 2.24) is 19.9 Å². The van der Waals surface area contributed by atoms with Crippen molar-refractivity contribution in [3.05, 3.63) is 65.7 Å². The van der Waals surface area contributed by atoms with Crippen LogP contribution in [0.3, 0.4) is 0 Å². The maximum Gasteiger partial charge on any atom is 0.251 e. The lowest BCUT2D eigenvalue weighted by molar-refractivity contribution is 0.0999. The van der Waals surface area contributed by atoms with Gasteiger partial charge in [0.25, 0.3) is 5.91 Å². The van der Waals surface area contributed by atoms with Crippen LogP contribution in [0.25, 0.3) is 33.5 Å². The van der Waals surface area contributed by atoms with Gasteiger partial charge in [0.2, 0.25) is 0 Å². The molecule has 1 aromatic carbocycles. The molecular weight excluding hydrogens is 326 g/mol. The molecule has 4 aromatic rings. The van der Waals surface area contributed by atoms with Gasteiger partial charge in [-0.25, -0.2) is 9.97 Å². The second-order valence-corrected chi connectivity index (χ2v) is 6.24. The first-order valence-corrected chi connectivity index (χ1v) is 8.20. The number of aryl methyl sites for hydroxylation is 2. The molecule has 0 aliphatic heterocycles. The van der Waals surface area contributed by atoms with E-state index in [-0.39, 0.29) is 0 Å². The monoisotopic (exact) mass is 343 g/mol. The van der Waals surface area contributed by atoms with E-state index in [4.69, 9.17) is 5.73 Å². The zero-order valence-electron chi connectivity index (χ0n) is 14.4. The molecule has 0 atom stereocenters. The molecule has 1 amide bonds. The highest BCUT2D eigenvalue weighted by Gasteiger charge is 2.13. The van der Waals surface area contributed by atoms with Crippen LogP contribution in [0.2, 0.25) is 0 Å². The number of nitrogens with one attached hydrogen (secondary N) is 1. The minimum absolute atomic E-state index is 0.294. The van der Waals surface area contributed by atoms with Gasteiger partial charge in [-0.1, -0.05) is 0 Å². The molecule has 3 heterocycles. The average Bonchev–Trinajstić information content (AvgIpc) is 2.98. The quantitative estimate of drug-likeness (QED) is 0.595. The number of pyridine rings is 1. The number of rotatable bonds is 3. The van der Waals surface area contributed by atoms with Gasteiger partial charge < -0.3 is 10.7 Å². The third-order valence-electron chi connectivity index (χ3n) is 4.56. The third-order valence-corrected chi connectivity index (χ3v) is 4.56. The minimum atomic E-state index is -0.537. The zero-order valence-corrected chi connectivity index (χ0v) is 14.4. The Balaban J connectivity index is 1.82. The number of fused-ring (bicyclic) bond motifs is 1. The van der Waals surface area contributed by atoms with E-state index in [1.165, 1.54) is 18.0 Å². The maximum atomic E-state index is 11.2. The predicted molar refractivity (Wildman–Crippen MR) is 101 cm³/mol. The Hall–Kier alpha value is -3.54. The van der Waals surface area contributed by atoms with Gasteiger partial charge in [0.15, 0.2) is 5.82 Å². The lowest BCUT2D eigenvalue weighted by atomic mass is 10.0. The Morgan fingerprint density at radius 3 is 2.54 bits per heavy atom. The van der Waals surface area contributed by atoms with E-state index >= 15 is 0 Å². The number of hydrogen-bond donors (Lipinski definition) is 2. The van der Waals surface area contributed by atoms with Crippen molar-refractivity contribution in [2.45, 2.75) is 13.8 Å². The molecule has 6 heteroatoms. The number of aromatic nitrogens is 4. The molecule has 6 nitrogen and oxygen atoms in total. The van der Waals surface area contributed by atoms with Gasteiger partial charge in [-0.05, 0) is 49.2 Å². The Kier molecular flexibility index (Phi) is 3.73. The average molecular weight is 343 g/mol. The third kappa shape index (κ3) is 2.61. The summed E-state index contributed by atoms with van der Waals surface area (Å²) in [4.78, 5) is 27.4. The first-order valence-electron chi connectivity index (χ1n) is 8.20. The number of H-pyrrole nitrogens is 1. The molecule has 0 unspecified atom stereocenters. The topological polar surface area (TPSA) is 97.5 Å². The van der Waals surface area contributed by atoms with E-state index in [0.717, 1.165) is 33.3 Å². The maximum absolute atomic E-state index is 11.2. The largest absolute Gasteiger partial charge is 0.366 e. The summed E-state index contributed by atoms with van der Waals surface area (Å²) in [6.07, 6.45) is 6.56. The summed E-state index contributed by atoms with van der Waals surface area (Å²) >= 11 is 0. The molecule has 3 N–H and O–H groups in total. The van der Waals surface area contributed by atoms with Crippen molar-refractivity contribution in [2.75, 3.05) is 0 Å². The van der Waals surface area contributed by atoms with Gasteiger partial charge in [0.05, 0.1) is 11.3 Å².